The second-order valence-corrected chi connectivity index (χ2v) is 5.10. The molecule has 0 spiro atoms. The van der Waals surface area contributed by atoms with Gasteiger partial charge >= 0.3 is 0 Å². The Balaban J connectivity index is 3.29. The first-order valence-electron chi connectivity index (χ1n) is 3.34. The molecule has 0 bridgehead atoms. The number of primary amides is 1. The van der Waals surface area contributed by atoms with Crippen molar-refractivity contribution in [2.45, 2.75) is 31.9 Å². The molecule has 0 aromatic heterocycles. The van der Waals surface area contributed by atoms with Crippen molar-refractivity contribution >= 4 is 17.7 Å². The molecule has 1 amide bonds. The Morgan fingerprint density at radius 3 is 2.30 bits per heavy atom. The van der Waals surface area contributed by atoms with E-state index in [1.54, 1.807) is 11.8 Å². The van der Waals surface area contributed by atoms with Gasteiger partial charge in [0.15, 0.2) is 0 Å². The first-order chi connectivity index (χ1) is 4.42. The number of hydrogen-bond donors (Lipinski definition) is 1. The van der Waals surface area contributed by atoms with Crippen molar-refractivity contribution in [3.8, 4) is 0 Å². The Kier molecular flexibility index (Phi) is 3.79. The van der Waals surface area contributed by atoms with E-state index in [2.05, 4.69) is 20.8 Å². The molecule has 10 heavy (non-hydrogen) atoms. The molecule has 0 atom stereocenters. The first-order valence-corrected chi connectivity index (χ1v) is 4.32. The van der Waals surface area contributed by atoms with Crippen LogP contribution in [0.4, 0.5) is 0 Å². The predicted molar refractivity (Wildman–Crippen MR) is 46.0 cm³/mol. The number of hydrogen-bond acceptors (Lipinski definition) is 2. The molecule has 0 heterocycles. The third-order valence-electron chi connectivity index (χ3n) is 0.884. The van der Waals surface area contributed by atoms with Crippen LogP contribution in [0, 0.1) is 0 Å². The largest absolute Gasteiger partial charge is 0.370 e. The fraction of sp³-hybridized carbons (Fsp3) is 0.857. The molecule has 0 aliphatic rings. The number of thioether (sulfide) groups is 1. The summed E-state index contributed by atoms with van der Waals surface area (Å²) >= 11 is 1.76. The summed E-state index contributed by atoms with van der Waals surface area (Å²) in [6.07, 6.45) is 0.488. The van der Waals surface area contributed by atoms with Crippen molar-refractivity contribution in [2.75, 3.05) is 5.75 Å². The highest BCUT2D eigenvalue weighted by Gasteiger charge is 2.09. The normalized spacial score (nSPS) is 11.5. The summed E-state index contributed by atoms with van der Waals surface area (Å²) in [6.45, 7) is 6.37. The smallest absolute Gasteiger partial charge is 0.218 e. The third-order valence-corrected chi connectivity index (χ3v) is 2.16. The number of rotatable bonds is 3. The van der Waals surface area contributed by atoms with Crippen molar-refractivity contribution in [2.24, 2.45) is 5.73 Å². The zero-order valence-corrected chi connectivity index (χ0v) is 7.62. The monoisotopic (exact) mass is 161 g/mol. The standard InChI is InChI=1S/C7H15NOS/c1-7(2,3)10-5-4-6(8)9/h4-5H2,1-3H3,(H2,8,9). The van der Waals surface area contributed by atoms with E-state index in [0.717, 1.165) is 5.75 Å². The van der Waals surface area contributed by atoms with Crippen LogP contribution in [0.5, 0.6) is 0 Å². The average Bonchev–Trinajstić information content (AvgIpc) is 1.59. The molecule has 0 rings (SSSR count). The molecule has 0 aliphatic carbocycles. The van der Waals surface area contributed by atoms with Crippen molar-refractivity contribution < 1.29 is 4.79 Å². The fourth-order valence-corrected chi connectivity index (χ4v) is 1.37. The lowest BCUT2D eigenvalue weighted by molar-refractivity contribution is -0.117. The lowest BCUT2D eigenvalue weighted by Crippen LogP contribution is -2.14. The Bertz CT molecular complexity index is 117. The van der Waals surface area contributed by atoms with Crippen LogP contribution < -0.4 is 5.73 Å². The van der Waals surface area contributed by atoms with Crippen LogP contribution >= 0.6 is 11.8 Å². The Hall–Kier alpha value is -0.180. The lowest BCUT2D eigenvalue weighted by Gasteiger charge is -2.16. The molecule has 0 fully saturated rings. The summed E-state index contributed by atoms with van der Waals surface area (Å²) in [5.74, 6) is 0.621. The summed E-state index contributed by atoms with van der Waals surface area (Å²) in [4.78, 5) is 10.3. The van der Waals surface area contributed by atoms with Gasteiger partial charge in [0.05, 0.1) is 0 Å². The van der Waals surface area contributed by atoms with Gasteiger partial charge in [-0.3, -0.25) is 4.79 Å². The van der Waals surface area contributed by atoms with E-state index < -0.39 is 0 Å². The minimum absolute atomic E-state index is 0.211. The van der Waals surface area contributed by atoms with E-state index in [0.29, 0.717) is 6.42 Å². The van der Waals surface area contributed by atoms with Crippen molar-refractivity contribution in [3.63, 3.8) is 0 Å². The lowest BCUT2D eigenvalue weighted by atomic mass is 10.3. The summed E-state index contributed by atoms with van der Waals surface area (Å²) in [7, 11) is 0. The van der Waals surface area contributed by atoms with Crippen molar-refractivity contribution in [3.05, 3.63) is 0 Å². The number of amides is 1. The quantitative estimate of drug-likeness (QED) is 0.679. The summed E-state index contributed by atoms with van der Waals surface area (Å²) in [6, 6.07) is 0. The van der Waals surface area contributed by atoms with E-state index in [4.69, 9.17) is 5.73 Å². The fourth-order valence-electron chi connectivity index (χ4n) is 0.458. The number of nitrogens with two attached hydrogens (primary N) is 1. The van der Waals surface area contributed by atoms with Gasteiger partial charge in [-0.05, 0) is 0 Å². The van der Waals surface area contributed by atoms with Gasteiger partial charge in [0.25, 0.3) is 0 Å². The van der Waals surface area contributed by atoms with Gasteiger partial charge in [-0.1, -0.05) is 20.8 Å². The zero-order chi connectivity index (χ0) is 8.20. The maximum atomic E-state index is 10.3. The molecule has 2 nitrogen and oxygen atoms in total. The average molecular weight is 161 g/mol. The third kappa shape index (κ3) is 7.82. The Labute approximate surface area is 66.6 Å². The van der Waals surface area contributed by atoms with E-state index >= 15 is 0 Å². The highest BCUT2D eigenvalue weighted by Crippen LogP contribution is 2.23. The molecule has 60 valence electrons. The Morgan fingerprint density at radius 1 is 1.50 bits per heavy atom. The molecule has 0 saturated carbocycles. The molecule has 0 saturated heterocycles. The van der Waals surface area contributed by atoms with Crippen LogP contribution in [-0.2, 0) is 4.79 Å². The van der Waals surface area contributed by atoms with Gasteiger partial charge < -0.3 is 5.73 Å². The summed E-state index contributed by atoms with van der Waals surface area (Å²) < 4.78 is 0.245. The first kappa shape index (κ1) is 9.82. The van der Waals surface area contributed by atoms with Crippen molar-refractivity contribution in [1.29, 1.82) is 0 Å². The second kappa shape index (κ2) is 3.86. The van der Waals surface area contributed by atoms with E-state index in [1.165, 1.54) is 0 Å². The molecule has 0 radical (unpaired) electrons. The van der Waals surface area contributed by atoms with Crippen LogP contribution in [0.1, 0.15) is 27.2 Å². The predicted octanol–water partition coefficient (Wildman–Crippen LogP) is 1.39. The topological polar surface area (TPSA) is 43.1 Å². The highest BCUT2D eigenvalue weighted by molar-refractivity contribution is 8.00. The molecule has 2 N–H and O–H groups in total. The van der Waals surface area contributed by atoms with E-state index in [-0.39, 0.29) is 10.7 Å². The molecule has 0 aromatic carbocycles. The highest BCUT2D eigenvalue weighted by atomic mass is 32.2. The number of carbonyl (C=O) groups is 1. The summed E-state index contributed by atoms with van der Waals surface area (Å²) in [5.41, 5.74) is 4.97. The molecule has 0 aromatic rings. The molecular formula is C7H15NOS. The zero-order valence-electron chi connectivity index (χ0n) is 6.81. The SMILES string of the molecule is CC(C)(C)SCCC(N)=O. The van der Waals surface area contributed by atoms with Crippen LogP contribution in [-0.4, -0.2) is 16.4 Å². The van der Waals surface area contributed by atoms with Gasteiger partial charge in [-0.15, -0.1) is 0 Å². The molecule has 0 aliphatic heterocycles. The maximum absolute atomic E-state index is 10.3. The van der Waals surface area contributed by atoms with E-state index in [9.17, 15) is 4.79 Å². The second-order valence-electron chi connectivity index (χ2n) is 3.18. The van der Waals surface area contributed by atoms with Crippen LogP contribution in [0.15, 0.2) is 0 Å². The Morgan fingerprint density at radius 2 is 2.00 bits per heavy atom. The van der Waals surface area contributed by atoms with Crippen LogP contribution in [0.2, 0.25) is 0 Å². The van der Waals surface area contributed by atoms with Crippen molar-refractivity contribution in [1.82, 2.24) is 0 Å². The minimum atomic E-state index is -0.211. The van der Waals surface area contributed by atoms with E-state index in [1.807, 2.05) is 0 Å². The van der Waals surface area contributed by atoms with Gasteiger partial charge in [-0.25, -0.2) is 0 Å². The number of carbonyl (C=O) groups excluding carboxylic acids is 1. The molecular weight excluding hydrogens is 146 g/mol. The maximum Gasteiger partial charge on any atom is 0.218 e. The van der Waals surface area contributed by atoms with Gasteiger partial charge in [-0.2, -0.15) is 11.8 Å². The van der Waals surface area contributed by atoms with Crippen LogP contribution in [0.25, 0.3) is 0 Å². The van der Waals surface area contributed by atoms with Crippen LogP contribution in [0.3, 0.4) is 0 Å². The van der Waals surface area contributed by atoms with Gasteiger partial charge in [0, 0.05) is 16.9 Å². The summed E-state index contributed by atoms with van der Waals surface area (Å²) in [5, 5.41) is 0. The van der Waals surface area contributed by atoms with Gasteiger partial charge in [0.1, 0.15) is 0 Å². The van der Waals surface area contributed by atoms with Gasteiger partial charge in [0.2, 0.25) is 5.91 Å². The molecule has 3 heteroatoms. The minimum Gasteiger partial charge on any atom is -0.370 e. The molecule has 0 unspecified atom stereocenters.